The number of piperazine rings is 1. The number of sulfonamides is 1. The van der Waals surface area contributed by atoms with E-state index in [9.17, 15) is 21.6 Å². The minimum atomic E-state index is -4.49. The van der Waals surface area contributed by atoms with Gasteiger partial charge in [0.1, 0.15) is 0 Å². The molecule has 1 aliphatic heterocycles. The van der Waals surface area contributed by atoms with E-state index in [0.717, 1.165) is 18.4 Å². The molecule has 1 aromatic carbocycles. The number of alkyl halides is 3. The highest BCUT2D eigenvalue weighted by Crippen LogP contribution is 2.38. The van der Waals surface area contributed by atoms with Crippen LogP contribution in [0.15, 0.2) is 30.1 Å². The molecule has 1 fully saturated rings. The Labute approximate surface area is 143 Å². The van der Waals surface area contributed by atoms with Crippen LogP contribution in [0, 0.1) is 0 Å². The average molecular weight is 374 g/mol. The van der Waals surface area contributed by atoms with E-state index in [-0.39, 0.29) is 25.2 Å². The molecular weight excluding hydrogens is 357 g/mol. The minimum Gasteiger partial charge on any atom is -0.342 e. The Hall–Kier alpha value is -2.07. The Kier molecular flexibility index (Phi) is 4.28. The van der Waals surface area contributed by atoms with E-state index in [4.69, 9.17) is 0 Å². The lowest BCUT2D eigenvalue weighted by Gasteiger charge is -2.37. The number of nitrogens with zero attached hydrogens (tertiary/aromatic N) is 3. The molecule has 0 spiro atoms. The lowest BCUT2D eigenvalue weighted by molar-refractivity contribution is -0.137. The van der Waals surface area contributed by atoms with Crippen LogP contribution in [0.3, 0.4) is 0 Å². The molecule has 0 radical (unpaired) electrons. The lowest BCUT2D eigenvalue weighted by Crippen LogP contribution is -2.47. The summed E-state index contributed by atoms with van der Waals surface area (Å²) < 4.78 is 64.5. The first kappa shape index (κ1) is 17.7. The van der Waals surface area contributed by atoms with Gasteiger partial charge in [0.25, 0.3) is 0 Å². The summed E-state index contributed by atoms with van der Waals surface area (Å²) in [4.78, 5) is 1.72. The largest absolute Gasteiger partial charge is 0.416 e. The number of hydrogen-bond donors (Lipinski definition) is 1. The zero-order valence-corrected chi connectivity index (χ0v) is 14.4. The third kappa shape index (κ3) is 3.36. The molecule has 0 unspecified atom stereocenters. The molecule has 3 rings (SSSR count). The maximum absolute atomic E-state index is 13.2. The molecule has 0 aliphatic carbocycles. The van der Waals surface area contributed by atoms with Gasteiger partial charge < -0.3 is 4.90 Å². The predicted molar refractivity (Wildman–Crippen MR) is 88.6 cm³/mol. The van der Waals surface area contributed by atoms with Gasteiger partial charge >= 0.3 is 6.18 Å². The molecule has 6 nitrogen and oxygen atoms in total. The highest BCUT2D eigenvalue weighted by atomic mass is 32.2. The molecule has 10 heteroatoms. The fourth-order valence-electron chi connectivity index (χ4n) is 2.93. The van der Waals surface area contributed by atoms with Gasteiger partial charge in [-0.1, -0.05) is 6.08 Å². The zero-order valence-electron chi connectivity index (χ0n) is 13.6. The highest BCUT2D eigenvalue weighted by Gasteiger charge is 2.34. The van der Waals surface area contributed by atoms with Gasteiger partial charge in [-0.3, -0.25) is 5.10 Å². The van der Waals surface area contributed by atoms with Crippen molar-refractivity contribution < 1.29 is 21.6 Å². The van der Waals surface area contributed by atoms with E-state index in [1.54, 1.807) is 17.9 Å². The summed E-state index contributed by atoms with van der Waals surface area (Å²) >= 11 is 0. The van der Waals surface area contributed by atoms with E-state index >= 15 is 0 Å². The maximum Gasteiger partial charge on any atom is 0.416 e. The quantitative estimate of drug-likeness (QED) is 0.877. The van der Waals surface area contributed by atoms with Crippen LogP contribution in [0.2, 0.25) is 0 Å². The average Bonchev–Trinajstić information content (AvgIpc) is 3.00. The van der Waals surface area contributed by atoms with Crippen molar-refractivity contribution in [3.63, 3.8) is 0 Å². The summed E-state index contributed by atoms with van der Waals surface area (Å²) in [5, 5.41) is 6.97. The molecule has 2 aromatic rings. The number of aromatic amines is 1. The second kappa shape index (κ2) is 6.03. The van der Waals surface area contributed by atoms with Crippen LogP contribution in [0.5, 0.6) is 0 Å². The second-order valence-corrected chi connectivity index (χ2v) is 7.84. The molecule has 25 heavy (non-hydrogen) atoms. The highest BCUT2D eigenvalue weighted by molar-refractivity contribution is 7.88. The van der Waals surface area contributed by atoms with Gasteiger partial charge in [-0.25, -0.2) is 8.42 Å². The number of halogens is 3. The predicted octanol–water partition coefficient (Wildman–Crippen LogP) is 2.57. The van der Waals surface area contributed by atoms with Gasteiger partial charge in [0.05, 0.1) is 35.8 Å². The molecule has 1 N–H and O–H groups in total. The summed E-state index contributed by atoms with van der Waals surface area (Å²) in [5.41, 5.74) is 0.490. The molecule has 136 valence electrons. The van der Waals surface area contributed by atoms with E-state index < -0.39 is 21.8 Å². The third-order valence-corrected chi connectivity index (χ3v) is 5.46. The molecule has 0 saturated carbocycles. The summed E-state index contributed by atoms with van der Waals surface area (Å²) in [5.74, 6) is 0. The third-order valence-electron chi connectivity index (χ3n) is 4.22. The Bertz CT molecular complexity index is 934. The second-order valence-electron chi connectivity index (χ2n) is 5.85. The first-order valence-electron chi connectivity index (χ1n) is 7.53. The fraction of sp³-hybridized carbons (Fsp3) is 0.400. The van der Waals surface area contributed by atoms with E-state index in [1.807, 2.05) is 0 Å². The van der Waals surface area contributed by atoms with Gasteiger partial charge in [-0.05, 0) is 19.1 Å². The number of rotatable bonds is 2. The van der Waals surface area contributed by atoms with Gasteiger partial charge in [0.15, 0.2) is 0 Å². The van der Waals surface area contributed by atoms with Gasteiger partial charge in [0.2, 0.25) is 10.0 Å². The van der Waals surface area contributed by atoms with Crippen LogP contribution < -0.4 is 4.90 Å². The van der Waals surface area contributed by atoms with Crippen LogP contribution in [0.25, 0.3) is 10.9 Å². The first-order chi connectivity index (χ1) is 11.6. The van der Waals surface area contributed by atoms with E-state index in [2.05, 4.69) is 10.2 Å². The van der Waals surface area contributed by atoms with Gasteiger partial charge in [0, 0.05) is 24.2 Å². The summed E-state index contributed by atoms with van der Waals surface area (Å²) in [6.07, 6.45) is -0.183. The number of nitrogens with one attached hydrogen (secondary N) is 1. The number of allylic oxidation sites excluding steroid dienone is 1. The van der Waals surface area contributed by atoms with Crippen LogP contribution in [0.4, 0.5) is 18.9 Å². The Morgan fingerprint density at radius 3 is 2.60 bits per heavy atom. The van der Waals surface area contributed by atoms with Crippen LogP contribution >= 0.6 is 0 Å². The van der Waals surface area contributed by atoms with Crippen molar-refractivity contribution in [3.8, 4) is 0 Å². The number of benzene rings is 1. The SMILES string of the molecule is C/C=C1\CN(S(C)(=O)=O)CCN1c1cc(C(F)(F)F)cc2[nH]ncc12. The topological polar surface area (TPSA) is 69.3 Å². The molecule has 0 amide bonds. The fourth-order valence-corrected chi connectivity index (χ4v) is 3.71. The van der Waals surface area contributed by atoms with Crippen LogP contribution in [0.1, 0.15) is 12.5 Å². The summed E-state index contributed by atoms with van der Waals surface area (Å²) in [6.45, 7) is 2.30. The van der Waals surface area contributed by atoms with Crippen molar-refractivity contribution in [1.29, 1.82) is 0 Å². The van der Waals surface area contributed by atoms with Crippen molar-refractivity contribution in [2.45, 2.75) is 13.1 Å². The van der Waals surface area contributed by atoms with Crippen molar-refractivity contribution in [2.24, 2.45) is 0 Å². The van der Waals surface area contributed by atoms with Gasteiger partial charge in [-0.15, -0.1) is 0 Å². The smallest absolute Gasteiger partial charge is 0.342 e. The molecular formula is C15H17F3N4O2S. The Morgan fingerprint density at radius 1 is 1.28 bits per heavy atom. The Balaban J connectivity index is 2.08. The van der Waals surface area contributed by atoms with Crippen molar-refractivity contribution >= 4 is 26.6 Å². The monoisotopic (exact) mass is 374 g/mol. The molecule has 1 saturated heterocycles. The van der Waals surface area contributed by atoms with Crippen LogP contribution in [-0.4, -0.2) is 48.8 Å². The summed E-state index contributed by atoms with van der Waals surface area (Å²) in [6, 6.07) is 2.10. The molecule has 1 aromatic heterocycles. The Morgan fingerprint density at radius 2 is 2.00 bits per heavy atom. The molecule has 2 heterocycles. The number of hydrogen-bond acceptors (Lipinski definition) is 4. The van der Waals surface area contributed by atoms with Crippen molar-refractivity contribution in [2.75, 3.05) is 30.8 Å². The lowest BCUT2D eigenvalue weighted by atomic mass is 10.1. The minimum absolute atomic E-state index is 0.116. The van der Waals surface area contributed by atoms with E-state index in [0.29, 0.717) is 16.8 Å². The number of H-pyrrole nitrogens is 1. The van der Waals surface area contributed by atoms with Crippen LogP contribution in [-0.2, 0) is 16.2 Å². The van der Waals surface area contributed by atoms with Gasteiger partial charge in [-0.2, -0.15) is 22.6 Å². The maximum atomic E-state index is 13.2. The molecule has 0 atom stereocenters. The number of fused-ring (bicyclic) bond motifs is 1. The first-order valence-corrected chi connectivity index (χ1v) is 9.38. The van der Waals surface area contributed by atoms with Crippen molar-refractivity contribution in [1.82, 2.24) is 14.5 Å². The normalized spacial score (nSPS) is 19.1. The van der Waals surface area contributed by atoms with Crippen molar-refractivity contribution in [3.05, 3.63) is 35.7 Å². The number of anilines is 1. The number of aromatic nitrogens is 2. The summed E-state index contributed by atoms with van der Waals surface area (Å²) in [7, 11) is -3.37. The zero-order chi connectivity index (χ0) is 18.4. The molecule has 0 bridgehead atoms. The van der Waals surface area contributed by atoms with E-state index in [1.165, 1.54) is 10.5 Å². The standard InChI is InChI=1S/C15H17F3N4O2S/c1-3-11-9-21(25(2,23)24)4-5-22(11)14-7-10(15(16,17)18)6-13-12(14)8-19-20-13/h3,6-8H,4-5,9H2,1-2H3,(H,19,20)/b11-3+. The molecule has 1 aliphatic rings.